The van der Waals surface area contributed by atoms with Gasteiger partial charge in [0.15, 0.2) is 0 Å². The highest BCUT2D eigenvalue weighted by Gasteiger charge is 2.53. The molecule has 23 heavy (non-hydrogen) atoms. The Balaban J connectivity index is 1.83. The van der Waals surface area contributed by atoms with Crippen molar-refractivity contribution in [1.29, 1.82) is 0 Å². The minimum atomic E-state index is 0.0402. The number of alkyl halides is 2. The van der Waals surface area contributed by atoms with Crippen LogP contribution in [0, 0.1) is 23.7 Å². The fourth-order valence-corrected chi connectivity index (χ4v) is 8.36. The Hall–Kier alpha value is 0.890. The van der Waals surface area contributed by atoms with Gasteiger partial charge in [-0.25, -0.2) is 0 Å². The van der Waals surface area contributed by atoms with E-state index >= 15 is 0 Å². The normalized spacial score (nSPS) is 47.5. The molecule has 2 saturated heterocycles. The van der Waals surface area contributed by atoms with E-state index in [4.69, 9.17) is 4.74 Å². The molecule has 3 rings (SSSR count). The lowest BCUT2D eigenvalue weighted by Gasteiger charge is -2.48. The van der Waals surface area contributed by atoms with Crippen LogP contribution in [0.3, 0.4) is 0 Å². The van der Waals surface area contributed by atoms with E-state index < -0.39 is 0 Å². The Morgan fingerprint density at radius 2 is 1.87 bits per heavy atom. The molecule has 3 nitrogen and oxygen atoms in total. The van der Waals surface area contributed by atoms with Crippen LogP contribution in [0.1, 0.15) is 45.4 Å². The molecule has 0 amide bonds. The number of ether oxygens (including phenoxy) is 1. The zero-order valence-electron chi connectivity index (χ0n) is 14.4. The molecule has 6 unspecified atom stereocenters. The lowest BCUT2D eigenvalue weighted by Crippen LogP contribution is -2.54. The third-order valence-electron chi connectivity index (χ3n) is 6.86. The third kappa shape index (κ3) is 3.44. The van der Waals surface area contributed by atoms with Crippen molar-refractivity contribution in [3.05, 3.63) is 0 Å². The van der Waals surface area contributed by atoms with Gasteiger partial charge >= 0.3 is 5.97 Å². The molecule has 1 saturated carbocycles. The fraction of sp³-hybridized carbons (Fsp3) is 0.944. The summed E-state index contributed by atoms with van der Waals surface area (Å²) in [6.45, 7) is 2.33. The molecule has 2 heterocycles. The number of fused-ring (bicyclic) bond motifs is 2. The first-order valence-corrected chi connectivity index (χ1v) is 11.5. The van der Waals surface area contributed by atoms with Crippen LogP contribution < -0.4 is 0 Å². The summed E-state index contributed by atoms with van der Waals surface area (Å²) in [6, 6.07) is 1.09. The molecule has 0 spiro atoms. The first-order valence-electron chi connectivity index (χ1n) is 9.05. The quantitative estimate of drug-likeness (QED) is 0.301. The molecule has 8 atom stereocenters. The van der Waals surface area contributed by atoms with Crippen LogP contribution in [-0.4, -0.2) is 45.0 Å². The van der Waals surface area contributed by atoms with Gasteiger partial charge < -0.3 is 4.74 Å². The molecule has 5 heteroatoms. The van der Waals surface area contributed by atoms with E-state index in [1.807, 2.05) is 0 Å². The number of carbonyl (C=O) groups excluding carboxylic acids is 1. The molecule has 0 N–H and O–H groups in total. The number of piperidine rings is 1. The molecule has 0 radical (unpaired) electrons. The average Bonchev–Trinajstić information content (AvgIpc) is 2.78. The topological polar surface area (TPSA) is 29.5 Å². The van der Waals surface area contributed by atoms with Crippen LogP contribution in [0.4, 0.5) is 0 Å². The van der Waals surface area contributed by atoms with Crippen molar-refractivity contribution in [3.8, 4) is 0 Å². The minimum absolute atomic E-state index is 0.0402. The maximum Gasteiger partial charge on any atom is 0.310 e. The van der Waals surface area contributed by atoms with Crippen LogP contribution >= 0.6 is 45.2 Å². The van der Waals surface area contributed by atoms with E-state index in [1.165, 1.54) is 38.5 Å². The van der Waals surface area contributed by atoms with E-state index in [2.05, 4.69) is 64.1 Å². The summed E-state index contributed by atoms with van der Waals surface area (Å²) in [5.41, 5.74) is 0. The number of rotatable bonds is 3. The van der Waals surface area contributed by atoms with Crippen LogP contribution in [-0.2, 0) is 9.53 Å². The van der Waals surface area contributed by atoms with Gasteiger partial charge in [0.1, 0.15) is 0 Å². The third-order valence-corrected chi connectivity index (χ3v) is 9.82. The maximum absolute atomic E-state index is 12.6. The largest absolute Gasteiger partial charge is 0.469 e. The van der Waals surface area contributed by atoms with Crippen LogP contribution in [0.2, 0.25) is 0 Å². The fourth-order valence-electron chi connectivity index (χ4n) is 5.49. The summed E-state index contributed by atoms with van der Waals surface area (Å²) >= 11 is 5.36. The summed E-state index contributed by atoms with van der Waals surface area (Å²) in [6.07, 6.45) is 7.52. The standard InChI is InChI=1S/C18H29I2NO2/c1-4-10-7-15(20)12(9-14(10)19)13-8-11-5-6-16(21(11)2)17(13)18(22)23-3/h10-17H,4-9H2,1-3H3/t10?,11-,12?,13-,14?,15?,16?,17?/m1/s1. The monoisotopic (exact) mass is 545 g/mol. The highest BCUT2D eigenvalue weighted by molar-refractivity contribution is 14.1. The predicted molar refractivity (Wildman–Crippen MR) is 110 cm³/mol. The second kappa shape index (κ2) is 7.64. The summed E-state index contributed by atoms with van der Waals surface area (Å²) in [7, 11) is 3.78. The Labute approximate surface area is 167 Å². The van der Waals surface area contributed by atoms with Crippen LogP contribution in [0.25, 0.3) is 0 Å². The number of nitrogens with zero attached hydrogens (tertiary/aromatic N) is 1. The number of carbonyl (C=O) groups is 1. The van der Waals surface area contributed by atoms with E-state index in [0.29, 0.717) is 27.8 Å². The van der Waals surface area contributed by atoms with Gasteiger partial charge in [0.2, 0.25) is 0 Å². The molecular weight excluding hydrogens is 516 g/mol. The highest BCUT2D eigenvalue weighted by Crippen LogP contribution is 2.51. The molecule has 0 aromatic rings. The van der Waals surface area contributed by atoms with Gasteiger partial charge in [-0.05, 0) is 56.9 Å². The van der Waals surface area contributed by atoms with Gasteiger partial charge in [-0.1, -0.05) is 58.5 Å². The van der Waals surface area contributed by atoms with Crippen molar-refractivity contribution in [2.45, 2.75) is 65.4 Å². The van der Waals surface area contributed by atoms with Gasteiger partial charge in [0.05, 0.1) is 13.0 Å². The van der Waals surface area contributed by atoms with Crippen molar-refractivity contribution < 1.29 is 9.53 Å². The van der Waals surface area contributed by atoms with Crippen molar-refractivity contribution in [1.82, 2.24) is 4.90 Å². The van der Waals surface area contributed by atoms with Gasteiger partial charge in [0.25, 0.3) is 0 Å². The lowest BCUT2D eigenvalue weighted by atomic mass is 9.66. The van der Waals surface area contributed by atoms with Gasteiger partial charge in [0, 0.05) is 19.9 Å². The molecule has 2 aliphatic heterocycles. The predicted octanol–water partition coefficient (Wildman–Crippen LogP) is 4.30. The zero-order chi connectivity index (χ0) is 16.7. The van der Waals surface area contributed by atoms with Crippen LogP contribution in [0.5, 0.6) is 0 Å². The minimum Gasteiger partial charge on any atom is -0.469 e. The molecule has 2 bridgehead atoms. The van der Waals surface area contributed by atoms with Gasteiger partial charge in [-0.15, -0.1) is 0 Å². The van der Waals surface area contributed by atoms with Gasteiger partial charge in [-0.3, -0.25) is 9.69 Å². The van der Waals surface area contributed by atoms with Crippen molar-refractivity contribution in [2.24, 2.45) is 23.7 Å². The highest BCUT2D eigenvalue weighted by atomic mass is 127. The molecule has 3 fully saturated rings. The smallest absolute Gasteiger partial charge is 0.310 e. The Morgan fingerprint density at radius 1 is 1.13 bits per heavy atom. The number of methoxy groups -OCH3 is 1. The first-order chi connectivity index (χ1) is 11.0. The Kier molecular flexibility index (Phi) is 6.20. The van der Waals surface area contributed by atoms with Gasteiger partial charge in [-0.2, -0.15) is 0 Å². The Bertz CT molecular complexity index is 447. The molecule has 0 aromatic carbocycles. The number of hydrogen-bond acceptors (Lipinski definition) is 3. The SMILES string of the molecule is CCC1CC(I)C([C@H]2C[C@H]3CCC(C2C(=O)OC)N3C)CC1I. The van der Waals surface area contributed by atoms with Crippen molar-refractivity contribution >= 4 is 51.2 Å². The summed E-state index contributed by atoms with van der Waals surface area (Å²) in [5.74, 6) is 2.19. The molecule has 0 aromatic heterocycles. The summed E-state index contributed by atoms with van der Waals surface area (Å²) < 4.78 is 6.72. The van der Waals surface area contributed by atoms with E-state index in [1.54, 1.807) is 7.11 Å². The molecule has 132 valence electrons. The number of esters is 1. The maximum atomic E-state index is 12.6. The molecular formula is C18H29I2NO2. The molecule has 3 aliphatic rings. The number of hydrogen-bond donors (Lipinski definition) is 0. The van der Waals surface area contributed by atoms with E-state index in [-0.39, 0.29) is 11.9 Å². The summed E-state index contributed by atoms with van der Waals surface area (Å²) in [4.78, 5) is 15.1. The van der Waals surface area contributed by atoms with Crippen molar-refractivity contribution in [2.75, 3.05) is 14.2 Å². The molecule has 1 aliphatic carbocycles. The zero-order valence-corrected chi connectivity index (χ0v) is 18.7. The lowest BCUT2D eigenvalue weighted by molar-refractivity contribution is -0.154. The number of halogens is 2. The Morgan fingerprint density at radius 3 is 2.52 bits per heavy atom. The van der Waals surface area contributed by atoms with Crippen LogP contribution in [0.15, 0.2) is 0 Å². The second-order valence-electron chi connectivity index (χ2n) is 7.75. The van der Waals surface area contributed by atoms with E-state index in [0.717, 1.165) is 9.84 Å². The van der Waals surface area contributed by atoms with E-state index in [9.17, 15) is 4.79 Å². The average molecular weight is 545 g/mol. The second-order valence-corrected chi connectivity index (χ2v) is 10.9. The first kappa shape index (κ1) is 18.7. The van der Waals surface area contributed by atoms with Crippen molar-refractivity contribution in [3.63, 3.8) is 0 Å². The summed E-state index contributed by atoms with van der Waals surface area (Å²) in [5, 5.41) is 0.